The van der Waals surface area contributed by atoms with Crippen LogP contribution in [0.4, 0.5) is 4.39 Å². The summed E-state index contributed by atoms with van der Waals surface area (Å²) >= 11 is 3.41. The number of carbonyl (C=O) groups is 2. The van der Waals surface area contributed by atoms with E-state index in [1.807, 2.05) is 6.92 Å². The zero-order valence-electron chi connectivity index (χ0n) is 18.4. The van der Waals surface area contributed by atoms with Crippen LogP contribution in [0.15, 0.2) is 23.8 Å². The zero-order valence-corrected chi connectivity index (χ0v) is 20.0. The summed E-state index contributed by atoms with van der Waals surface area (Å²) in [4.78, 5) is 25.5. The van der Waals surface area contributed by atoms with Crippen LogP contribution in [0.3, 0.4) is 0 Å². The van der Waals surface area contributed by atoms with Crippen LogP contribution in [0.5, 0.6) is 0 Å². The third kappa shape index (κ3) is 2.68. The second kappa shape index (κ2) is 7.48. The lowest BCUT2D eigenvalue weighted by atomic mass is 9.46. The van der Waals surface area contributed by atoms with Gasteiger partial charge >= 0.3 is 0 Å². The van der Waals surface area contributed by atoms with Gasteiger partial charge < -0.3 is 5.11 Å². The number of Topliss-reactive ketones (excluding diaryl/α,β-unsaturated/α-hetero) is 1. The van der Waals surface area contributed by atoms with Gasteiger partial charge in [-0.2, -0.15) is 0 Å². The van der Waals surface area contributed by atoms with Crippen LogP contribution in [0.1, 0.15) is 59.8 Å². The number of ketones is 2. The third-order valence-electron chi connectivity index (χ3n) is 8.41. The minimum atomic E-state index is -1.86. The van der Waals surface area contributed by atoms with E-state index in [0.717, 1.165) is 23.5 Å². The van der Waals surface area contributed by atoms with Crippen molar-refractivity contribution in [2.75, 3.05) is 11.5 Å². The van der Waals surface area contributed by atoms with Crippen molar-refractivity contribution in [2.45, 2.75) is 75.7 Å². The molecule has 30 heavy (non-hydrogen) atoms. The van der Waals surface area contributed by atoms with E-state index < -0.39 is 32.6 Å². The molecule has 0 bridgehead atoms. The maximum Gasteiger partial charge on any atom is 0.178 e. The summed E-state index contributed by atoms with van der Waals surface area (Å²) in [7, 11) is 0. The van der Waals surface area contributed by atoms with Gasteiger partial charge in [-0.05, 0) is 62.2 Å². The molecule has 4 rings (SSSR count). The van der Waals surface area contributed by atoms with E-state index in [2.05, 4.69) is 20.8 Å². The molecule has 3 fully saturated rings. The number of thioether (sulfide) groups is 2. The van der Waals surface area contributed by atoms with E-state index in [-0.39, 0.29) is 23.9 Å². The minimum Gasteiger partial charge on any atom is -0.390 e. The first-order chi connectivity index (χ1) is 14.1. The Kier molecular flexibility index (Phi) is 5.64. The van der Waals surface area contributed by atoms with Crippen molar-refractivity contribution in [1.82, 2.24) is 0 Å². The number of fused-ring (bicyclic) bond motifs is 5. The quantitative estimate of drug-likeness (QED) is 0.586. The maximum atomic E-state index is 17.1. The molecule has 4 aliphatic rings. The first kappa shape index (κ1) is 22.6. The highest BCUT2D eigenvalue weighted by Gasteiger charge is 2.75. The molecule has 0 aliphatic heterocycles. The molecular formula is C24H33FO3S2. The third-order valence-corrected chi connectivity index (χ3v) is 12.2. The maximum absolute atomic E-state index is 17.1. The van der Waals surface area contributed by atoms with Crippen LogP contribution >= 0.6 is 23.5 Å². The number of rotatable bonds is 5. The van der Waals surface area contributed by atoms with Gasteiger partial charge in [0.25, 0.3) is 0 Å². The van der Waals surface area contributed by atoms with E-state index in [4.69, 9.17) is 0 Å². The van der Waals surface area contributed by atoms with E-state index in [1.165, 1.54) is 6.08 Å². The molecule has 0 aromatic carbocycles. The van der Waals surface area contributed by atoms with Crippen LogP contribution in [0.2, 0.25) is 0 Å². The second-order valence-electron chi connectivity index (χ2n) is 9.79. The molecular weight excluding hydrogens is 419 g/mol. The number of alkyl halides is 1. The van der Waals surface area contributed by atoms with Gasteiger partial charge in [-0.25, -0.2) is 4.39 Å². The average molecular weight is 453 g/mol. The fourth-order valence-corrected chi connectivity index (χ4v) is 10.4. The Morgan fingerprint density at radius 1 is 1.20 bits per heavy atom. The largest absolute Gasteiger partial charge is 0.390 e. The Morgan fingerprint density at radius 2 is 1.93 bits per heavy atom. The monoisotopic (exact) mass is 452 g/mol. The number of carbonyl (C=O) groups excluding carboxylic acids is 2. The lowest BCUT2D eigenvalue weighted by Crippen LogP contribution is -2.67. The van der Waals surface area contributed by atoms with E-state index >= 15 is 4.39 Å². The molecule has 0 aromatic heterocycles. The van der Waals surface area contributed by atoms with Crippen molar-refractivity contribution in [3.05, 3.63) is 23.8 Å². The molecule has 0 amide bonds. The molecule has 0 aromatic rings. The van der Waals surface area contributed by atoms with Crippen molar-refractivity contribution in [3.63, 3.8) is 0 Å². The molecule has 1 N–H and O–H groups in total. The lowest BCUT2D eigenvalue weighted by Gasteiger charge is -2.62. The van der Waals surface area contributed by atoms with Crippen LogP contribution in [0, 0.1) is 22.7 Å². The Bertz CT molecular complexity index is 825. The van der Waals surface area contributed by atoms with Crippen molar-refractivity contribution in [3.8, 4) is 0 Å². The van der Waals surface area contributed by atoms with Crippen molar-refractivity contribution in [1.29, 1.82) is 0 Å². The SMILES string of the molecule is CCCS[C@@]1(SCC)C(=O)C[C@H]2[C@@H]3CCC4=CC(=O)C=C[C@]4(C)[C@@]3(F)C(O)C[C@@]21C. The lowest BCUT2D eigenvalue weighted by molar-refractivity contribution is -0.189. The average Bonchev–Trinajstić information content (AvgIpc) is 2.90. The Hall–Kier alpha value is -0.590. The van der Waals surface area contributed by atoms with E-state index in [1.54, 1.807) is 35.7 Å². The summed E-state index contributed by atoms with van der Waals surface area (Å²) in [5, 5.41) is 11.4. The molecule has 166 valence electrons. The Balaban J connectivity index is 1.81. The van der Waals surface area contributed by atoms with Crippen molar-refractivity contribution < 1.29 is 19.1 Å². The first-order valence-electron chi connectivity index (χ1n) is 11.2. The minimum absolute atomic E-state index is 0.0915. The summed E-state index contributed by atoms with van der Waals surface area (Å²) in [6.45, 7) is 8.15. The Morgan fingerprint density at radius 3 is 2.60 bits per heavy atom. The number of allylic oxidation sites excluding steroid dienone is 4. The van der Waals surface area contributed by atoms with Gasteiger partial charge in [-0.15, -0.1) is 23.5 Å². The van der Waals surface area contributed by atoms with Gasteiger partial charge in [0.2, 0.25) is 0 Å². The number of hydrogen-bond acceptors (Lipinski definition) is 5. The summed E-state index contributed by atoms with van der Waals surface area (Å²) in [5.41, 5.74) is -2.51. The van der Waals surface area contributed by atoms with Crippen molar-refractivity contribution in [2.24, 2.45) is 22.7 Å². The van der Waals surface area contributed by atoms with Gasteiger partial charge in [0.15, 0.2) is 17.2 Å². The summed E-state index contributed by atoms with van der Waals surface area (Å²) in [5.74, 6) is 1.34. The summed E-state index contributed by atoms with van der Waals surface area (Å²) in [6.07, 6.45) is 6.40. The van der Waals surface area contributed by atoms with E-state index in [9.17, 15) is 14.7 Å². The molecule has 0 heterocycles. The van der Waals surface area contributed by atoms with Gasteiger partial charge in [0.1, 0.15) is 4.08 Å². The number of aliphatic hydroxyl groups is 1. The molecule has 3 nitrogen and oxygen atoms in total. The fraction of sp³-hybridized carbons (Fsp3) is 0.750. The molecule has 1 unspecified atom stereocenters. The molecule has 6 heteroatoms. The molecule has 0 saturated heterocycles. The van der Waals surface area contributed by atoms with Gasteiger partial charge in [-0.1, -0.05) is 32.4 Å². The molecule has 7 atom stereocenters. The van der Waals surface area contributed by atoms with E-state index in [0.29, 0.717) is 19.3 Å². The van der Waals surface area contributed by atoms with Crippen LogP contribution in [0.25, 0.3) is 0 Å². The van der Waals surface area contributed by atoms with Gasteiger partial charge in [0.05, 0.1) is 6.10 Å². The highest BCUT2D eigenvalue weighted by Crippen LogP contribution is 2.72. The predicted octanol–water partition coefficient (Wildman–Crippen LogP) is 5.13. The molecule has 0 spiro atoms. The number of hydrogen-bond donors (Lipinski definition) is 1. The molecule has 3 saturated carbocycles. The number of aliphatic hydroxyl groups excluding tert-OH is 1. The van der Waals surface area contributed by atoms with Gasteiger partial charge in [0, 0.05) is 23.2 Å². The van der Waals surface area contributed by atoms with Gasteiger partial charge in [-0.3, -0.25) is 9.59 Å². The molecule has 0 radical (unpaired) electrons. The second-order valence-corrected chi connectivity index (χ2v) is 12.8. The fourth-order valence-electron chi connectivity index (χ4n) is 6.95. The standard InChI is InChI=1S/C24H33FO3S2/c1-5-11-30-24(29-6-2)19(27)13-18-17-8-7-15-12-16(26)9-10-21(15,3)23(17,25)20(28)14-22(18,24)4/h9-10,12,17-18,20,28H,5-8,11,13-14H2,1-4H3/t17-,18-,20?,21-,22-,23-,24-/m0/s1. The topological polar surface area (TPSA) is 54.4 Å². The highest BCUT2D eigenvalue weighted by molar-refractivity contribution is 8.19. The first-order valence-corrected chi connectivity index (χ1v) is 13.2. The molecule has 4 aliphatic carbocycles. The highest BCUT2D eigenvalue weighted by atomic mass is 32.2. The summed E-state index contributed by atoms with van der Waals surface area (Å²) in [6, 6.07) is 0. The zero-order chi connectivity index (χ0) is 21.9. The normalized spacial score (nSPS) is 47.5. The number of halogens is 1. The van der Waals surface area contributed by atoms with Crippen LogP contribution in [-0.4, -0.2) is 44.0 Å². The van der Waals surface area contributed by atoms with Crippen LogP contribution < -0.4 is 0 Å². The summed E-state index contributed by atoms with van der Waals surface area (Å²) < 4.78 is 16.5. The van der Waals surface area contributed by atoms with Crippen molar-refractivity contribution >= 4 is 35.1 Å². The van der Waals surface area contributed by atoms with Crippen LogP contribution in [-0.2, 0) is 9.59 Å². The smallest absolute Gasteiger partial charge is 0.178 e. The predicted molar refractivity (Wildman–Crippen MR) is 122 cm³/mol. The Labute approximate surface area is 187 Å².